The van der Waals surface area contributed by atoms with Gasteiger partial charge in [-0.15, -0.1) is 0 Å². The predicted molar refractivity (Wildman–Crippen MR) is 113 cm³/mol. The molecular formula is C22H34N2O4S. The average molecular weight is 423 g/mol. The Morgan fingerprint density at radius 3 is 2.52 bits per heavy atom. The van der Waals surface area contributed by atoms with E-state index in [1.165, 1.54) is 6.26 Å². The summed E-state index contributed by atoms with van der Waals surface area (Å²) in [5.41, 5.74) is 0. The van der Waals surface area contributed by atoms with Crippen LogP contribution in [0.3, 0.4) is 0 Å². The number of aliphatic hydroxyl groups excluding tert-OH is 1. The number of rotatable bonds is 4. The number of aliphatic hydroxyl groups is 1. The molecule has 0 unspecified atom stereocenters. The van der Waals surface area contributed by atoms with Crippen molar-refractivity contribution in [1.82, 2.24) is 9.21 Å². The van der Waals surface area contributed by atoms with Gasteiger partial charge in [0.1, 0.15) is 18.0 Å². The van der Waals surface area contributed by atoms with E-state index in [-0.39, 0.29) is 18.2 Å². The number of hydrogen-bond donors (Lipinski definition) is 1. The van der Waals surface area contributed by atoms with Crippen molar-refractivity contribution in [3.8, 4) is 5.75 Å². The molecular weight excluding hydrogens is 388 g/mol. The van der Waals surface area contributed by atoms with Crippen LogP contribution in [-0.4, -0.2) is 72.9 Å². The van der Waals surface area contributed by atoms with Crippen LogP contribution in [0.2, 0.25) is 0 Å². The molecule has 162 valence electrons. The first-order valence-corrected chi connectivity index (χ1v) is 12.9. The minimum atomic E-state index is -3.17. The molecule has 29 heavy (non-hydrogen) atoms. The zero-order valence-corrected chi connectivity index (χ0v) is 18.1. The predicted octanol–water partition coefficient (Wildman–Crippen LogP) is 2.48. The first-order chi connectivity index (χ1) is 13.9. The molecule has 2 heterocycles. The molecule has 3 fully saturated rings. The van der Waals surface area contributed by atoms with Crippen LogP contribution in [0.15, 0.2) is 30.3 Å². The lowest BCUT2D eigenvalue weighted by atomic mass is 9.84. The number of ether oxygens (including phenoxy) is 1. The second-order valence-electron chi connectivity index (χ2n) is 8.94. The number of sulfonamides is 1. The van der Waals surface area contributed by atoms with Gasteiger partial charge < -0.3 is 9.84 Å². The number of likely N-dealkylation sites (tertiary alicyclic amines) is 1. The van der Waals surface area contributed by atoms with E-state index in [0.717, 1.165) is 63.8 Å². The van der Waals surface area contributed by atoms with Crippen molar-refractivity contribution < 1.29 is 18.3 Å². The SMILES string of the molecule is CS(=O)(=O)N1CCCC[C@H]2CN([C@H]3CCC[C@@H](Oc4ccccc4)[C@@H]3O)CC[C@H]21. The topological polar surface area (TPSA) is 70.1 Å². The quantitative estimate of drug-likeness (QED) is 0.807. The lowest BCUT2D eigenvalue weighted by Crippen LogP contribution is -2.59. The summed E-state index contributed by atoms with van der Waals surface area (Å²) in [6, 6.07) is 9.94. The van der Waals surface area contributed by atoms with E-state index >= 15 is 0 Å². The van der Waals surface area contributed by atoms with Crippen molar-refractivity contribution >= 4 is 10.0 Å². The Balaban J connectivity index is 1.44. The second-order valence-corrected chi connectivity index (χ2v) is 10.9. The Kier molecular flexibility index (Phi) is 6.49. The highest BCUT2D eigenvalue weighted by Crippen LogP contribution is 2.35. The van der Waals surface area contributed by atoms with Crippen molar-refractivity contribution in [2.24, 2.45) is 5.92 Å². The fourth-order valence-corrected chi connectivity index (χ4v) is 6.81. The van der Waals surface area contributed by atoms with Gasteiger partial charge in [-0.3, -0.25) is 4.90 Å². The van der Waals surface area contributed by atoms with E-state index in [1.54, 1.807) is 4.31 Å². The molecule has 2 saturated heterocycles. The molecule has 3 aliphatic rings. The number of piperidine rings is 1. The van der Waals surface area contributed by atoms with Gasteiger partial charge in [-0.25, -0.2) is 8.42 Å². The third-order valence-corrected chi connectivity index (χ3v) is 8.29. The van der Waals surface area contributed by atoms with Crippen LogP contribution >= 0.6 is 0 Å². The number of fused-ring (bicyclic) bond motifs is 1. The molecule has 6 nitrogen and oxygen atoms in total. The van der Waals surface area contributed by atoms with Crippen molar-refractivity contribution in [2.45, 2.75) is 69.2 Å². The largest absolute Gasteiger partial charge is 0.488 e. The number of nitrogens with zero attached hydrogens (tertiary/aromatic N) is 2. The molecule has 1 aromatic carbocycles. The fourth-order valence-electron chi connectivity index (χ4n) is 5.58. The van der Waals surface area contributed by atoms with Crippen LogP contribution in [0, 0.1) is 5.92 Å². The van der Waals surface area contributed by atoms with Crippen molar-refractivity contribution in [1.29, 1.82) is 0 Å². The van der Waals surface area contributed by atoms with E-state index in [0.29, 0.717) is 12.5 Å². The third kappa shape index (κ3) is 4.79. The molecule has 1 aromatic rings. The molecule has 4 rings (SSSR count). The highest BCUT2D eigenvalue weighted by Gasteiger charge is 2.43. The lowest BCUT2D eigenvalue weighted by Gasteiger charge is -2.47. The third-order valence-electron chi connectivity index (χ3n) is 6.99. The molecule has 7 heteroatoms. The summed E-state index contributed by atoms with van der Waals surface area (Å²) < 4.78 is 32.5. The van der Waals surface area contributed by atoms with Gasteiger partial charge in [-0.05, 0) is 56.6 Å². The molecule has 0 spiro atoms. The van der Waals surface area contributed by atoms with Crippen LogP contribution < -0.4 is 4.74 Å². The zero-order valence-electron chi connectivity index (χ0n) is 17.3. The van der Waals surface area contributed by atoms with Gasteiger partial charge in [0.15, 0.2) is 0 Å². The molecule has 2 aliphatic heterocycles. The van der Waals surface area contributed by atoms with Crippen molar-refractivity contribution in [2.75, 3.05) is 25.9 Å². The fraction of sp³-hybridized carbons (Fsp3) is 0.727. The van der Waals surface area contributed by atoms with E-state index < -0.39 is 16.1 Å². The van der Waals surface area contributed by atoms with Gasteiger partial charge in [0.05, 0.1) is 6.26 Å². The summed E-state index contributed by atoms with van der Waals surface area (Å²) in [7, 11) is -3.17. The molecule has 0 radical (unpaired) electrons. The van der Waals surface area contributed by atoms with Gasteiger partial charge in [0.25, 0.3) is 0 Å². The molecule has 5 atom stereocenters. The second kappa shape index (κ2) is 8.92. The standard InChI is InChI=1S/C22H34N2O4S/c1-29(26,27)24-14-6-5-8-17-16-23(15-13-19(17)24)20-11-7-12-21(22(20)25)28-18-9-3-2-4-10-18/h2-4,9-10,17,19-22,25H,5-8,11-16H2,1H3/t17-,19+,20-,21+,22+/m0/s1. The molecule has 1 N–H and O–H groups in total. The number of para-hydroxylation sites is 1. The van der Waals surface area contributed by atoms with Crippen LogP contribution in [0.5, 0.6) is 5.75 Å². The summed E-state index contributed by atoms with van der Waals surface area (Å²) in [5.74, 6) is 1.16. The molecule has 0 bridgehead atoms. The van der Waals surface area contributed by atoms with Gasteiger partial charge in [0, 0.05) is 31.7 Å². The maximum Gasteiger partial charge on any atom is 0.211 e. The molecule has 1 aliphatic carbocycles. The Morgan fingerprint density at radius 2 is 1.76 bits per heavy atom. The van der Waals surface area contributed by atoms with Gasteiger partial charge >= 0.3 is 0 Å². The Hall–Kier alpha value is -1.15. The highest BCUT2D eigenvalue weighted by atomic mass is 32.2. The maximum atomic E-state index is 12.3. The smallest absolute Gasteiger partial charge is 0.211 e. The number of benzene rings is 1. The van der Waals surface area contributed by atoms with E-state index in [2.05, 4.69) is 4.90 Å². The maximum absolute atomic E-state index is 12.3. The van der Waals surface area contributed by atoms with Crippen LogP contribution in [0.25, 0.3) is 0 Å². The van der Waals surface area contributed by atoms with Crippen LogP contribution in [0.4, 0.5) is 0 Å². The first-order valence-electron chi connectivity index (χ1n) is 11.0. The van der Waals surface area contributed by atoms with Crippen LogP contribution in [-0.2, 0) is 10.0 Å². The normalized spacial score (nSPS) is 34.9. The van der Waals surface area contributed by atoms with Crippen LogP contribution in [0.1, 0.15) is 44.9 Å². The summed E-state index contributed by atoms with van der Waals surface area (Å²) in [6.07, 6.45) is 7.47. The monoisotopic (exact) mass is 422 g/mol. The van der Waals surface area contributed by atoms with Crippen molar-refractivity contribution in [3.63, 3.8) is 0 Å². The minimum Gasteiger partial charge on any atom is -0.488 e. The highest BCUT2D eigenvalue weighted by molar-refractivity contribution is 7.88. The summed E-state index contributed by atoms with van der Waals surface area (Å²) >= 11 is 0. The molecule has 0 amide bonds. The summed E-state index contributed by atoms with van der Waals surface area (Å²) in [4.78, 5) is 2.41. The zero-order chi connectivity index (χ0) is 20.4. The lowest BCUT2D eigenvalue weighted by molar-refractivity contribution is -0.0678. The Labute approximate surface area is 174 Å². The summed E-state index contributed by atoms with van der Waals surface area (Å²) in [5, 5.41) is 11.1. The molecule has 0 aromatic heterocycles. The van der Waals surface area contributed by atoms with Gasteiger partial charge in [-0.1, -0.05) is 24.6 Å². The first kappa shape index (κ1) is 21.1. The van der Waals surface area contributed by atoms with Gasteiger partial charge in [0.2, 0.25) is 10.0 Å². The minimum absolute atomic E-state index is 0.0911. The number of hydrogen-bond acceptors (Lipinski definition) is 5. The molecule has 1 saturated carbocycles. The Morgan fingerprint density at radius 1 is 0.966 bits per heavy atom. The van der Waals surface area contributed by atoms with E-state index in [9.17, 15) is 13.5 Å². The van der Waals surface area contributed by atoms with Crippen molar-refractivity contribution in [3.05, 3.63) is 30.3 Å². The average Bonchev–Trinajstić information content (AvgIpc) is 2.92. The van der Waals surface area contributed by atoms with E-state index in [4.69, 9.17) is 4.74 Å². The van der Waals surface area contributed by atoms with E-state index in [1.807, 2.05) is 30.3 Å². The Bertz CT molecular complexity index is 772. The summed E-state index contributed by atoms with van der Waals surface area (Å²) in [6.45, 7) is 2.36. The van der Waals surface area contributed by atoms with Gasteiger partial charge in [-0.2, -0.15) is 4.31 Å².